The standard InChI is InChI=1S/C13H15ClN2O2/c14-8-9-3-1-4-10(7-9)12(17)16-11-5-2-6-15-13(11)18/h1,3-4,7,11H,2,5-6,8H2,(H,15,18)(H,16,17). The molecule has 0 radical (unpaired) electrons. The zero-order valence-corrected chi connectivity index (χ0v) is 10.7. The number of alkyl halides is 1. The Morgan fingerprint density at radius 2 is 2.33 bits per heavy atom. The Kier molecular flexibility index (Phi) is 4.20. The summed E-state index contributed by atoms with van der Waals surface area (Å²) in [7, 11) is 0. The van der Waals surface area contributed by atoms with Gasteiger partial charge in [0.05, 0.1) is 0 Å². The molecule has 1 atom stereocenters. The summed E-state index contributed by atoms with van der Waals surface area (Å²) >= 11 is 5.72. The molecule has 0 saturated carbocycles. The average Bonchev–Trinajstić information content (AvgIpc) is 2.41. The maximum atomic E-state index is 12.0. The number of rotatable bonds is 3. The van der Waals surface area contributed by atoms with E-state index in [4.69, 9.17) is 11.6 Å². The SMILES string of the molecule is O=C(NC1CCCNC1=O)c1cccc(CCl)c1. The highest BCUT2D eigenvalue weighted by Crippen LogP contribution is 2.09. The smallest absolute Gasteiger partial charge is 0.251 e. The largest absolute Gasteiger partial charge is 0.354 e. The predicted octanol–water partition coefficient (Wildman–Crippen LogP) is 1.43. The molecule has 1 saturated heterocycles. The topological polar surface area (TPSA) is 58.2 Å². The summed E-state index contributed by atoms with van der Waals surface area (Å²) in [4.78, 5) is 23.5. The predicted molar refractivity (Wildman–Crippen MR) is 69.5 cm³/mol. The molecule has 4 nitrogen and oxygen atoms in total. The van der Waals surface area contributed by atoms with Gasteiger partial charge < -0.3 is 10.6 Å². The van der Waals surface area contributed by atoms with Crippen molar-refractivity contribution in [2.24, 2.45) is 0 Å². The summed E-state index contributed by atoms with van der Waals surface area (Å²) in [6.07, 6.45) is 1.57. The second-order valence-corrected chi connectivity index (χ2v) is 4.56. The van der Waals surface area contributed by atoms with Crippen molar-refractivity contribution in [1.29, 1.82) is 0 Å². The highest BCUT2D eigenvalue weighted by atomic mass is 35.5. The Labute approximate surface area is 111 Å². The fourth-order valence-corrected chi connectivity index (χ4v) is 2.11. The molecular formula is C13H15ClN2O2. The summed E-state index contributed by atoms with van der Waals surface area (Å²) < 4.78 is 0. The highest BCUT2D eigenvalue weighted by molar-refractivity contribution is 6.17. The molecule has 5 heteroatoms. The van der Waals surface area contributed by atoms with Crippen molar-refractivity contribution in [3.63, 3.8) is 0 Å². The second-order valence-electron chi connectivity index (χ2n) is 4.29. The highest BCUT2D eigenvalue weighted by Gasteiger charge is 2.23. The molecule has 2 rings (SSSR count). The van der Waals surface area contributed by atoms with Crippen LogP contribution in [0.1, 0.15) is 28.8 Å². The van der Waals surface area contributed by atoms with Crippen LogP contribution in [0.25, 0.3) is 0 Å². The zero-order chi connectivity index (χ0) is 13.0. The molecule has 0 aromatic heterocycles. The van der Waals surface area contributed by atoms with Gasteiger partial charge in [-0.05, 0) is 30.5 Å². The summed E-state index contributed by atoms with van der Waals surface area (Å²) in [6, 6.07) is 6.67. The molecule has 1 aromatic rings. The summed E-state index contributed by atoms with van der Waals surface area (Å²) in [5.74, 6) is 0.0255. The molecule has 96 valence electrons. The lowest BCUT2D eigenvalue weighted by molar-refractivity contribution is -0.124. The first-order valence-corrected chi connectivity index (χ1v) is 6.47. The molecule has 18 heavy (non-hydrogen) atoms. The molecule has 1 fully saturated rings. The fourth-order valence-electron chi connectivity index (χ4n) is 1.95. The van der Waals surface area contributed by atoms with Crippen molar-refractivity contribution < 1.29 is 9.59 Å². The Hall–Kier alpha value is -1.55. The lowest BCUT2D eigenvalue weighted by Gasteiger charge is -2.22. The van der Waals surface area contributed by atoms with E-state index in [0.717, 1.165) is 12.0 Å². The number of halogens is 1. The van der Waals surface area contributed by atoms with Gasteiger partial charge in [0.1, 0.15) is 6.04 Å². The van der Waals surface area contributed by atoms with E-state index in [9.17, 15) is 9.59 Å². The first kappa shape index (κ1) is 12.9. The monoisotopic (exact) mass is 266 g/mol. The van der Waals surface area contributed by atoms with Gasteiger partial charge >= 0.3 is 0 Å². The second kappa shape index (κ2) is 5.87. The first-order chi connectivity index (χ1) is 8.70. The molecule has 1 unspecified atom stereocenters. The minimum atomic E-state index is -0.425. The quantitative estimate of drug-likeness (QED) is 0.814. The molecule has 0 bridgehead atoms. The Balaban J connectivity index is 2.04. The number of amides is 2. The van der Waals surface area contributed by atoms with Crippen molar-refractivity contribution in [3.05, 3.63) is 35.4 Å². The van der Waals surface area contributed by atoms with E-state index >= 15 is 0 Å². The van der Waals surface area contributed by atoms with E-state index in [0.29, 0.717) is 24.4 Å². The molecule has 0 aliphatic carbocycles. The molecular weight excluding hydrogens is 252 g/mol. The van der Waals surface area contributed by atoms with Crippen molar-refractivity contribution in [2.75, 3.05) is 6.54 Å². The van der Waals surface area contributed by atoms with Crippen LogP contribution in [0.2, 0.25) is 0 Å². The number of nitrogens with one attached hydrogen (secondary N) is 2. The van der Waals surface area contributed by atoms with E-state index in [-0.39, 0.29) is 11.8 Å². The van der Waals surface area contributed by atoms with E-state index in [1.54, 1.807) is 18.2 Å². The van der Waals surface area contributed by atoms with Gasteiger partial charge in [-0.25, -0.2) is 0 Å². The van der Waals surface area contributed by atoms with Gasteiger partial charge in [0, 0.05) is 18.0 Å². The van der Waals surface area contributed by atoms with Crippen LogP contribution >= 0.6 is 11.6 Å². The molecule has 1 aliphatic heterocycles. The zero-order valence-electron chi connectivity index (χ0n) is 9.91. The van der Waals surface area contributed by atoms with Crippen LogP contribution in [0.15, 0.2) is 24.3 Å². The third kappa shape index (κ3) is 3.01. The van der Waals surface area contributed by atoms with E-state index in [1.165, 1.54) is 0 Å². The first-order valence-electron chi connectivity index (χ1n) is 5.94. The van der Waals surface area contributed by atoms with E-state index in [2.05, 4.69) is 10.6 Å². The van der Waals surface area contributed by atoms with Gasteiger partial charge in [0.15, 0.2) is 0 Å². The lowest BCUT2D eigenvalue weighted by Crippen LogP contribution is -2.50. The summed E-state index contributed by atoms with van der Waals surface area (Å²) in [6.45, 7) is 0.687. The van der Waals surface area contributed by atoms with Gasteiger partial charge in [-0.2, -0.15) is 0 Å². The molecule has 2 N–H and O–H groups in total. The molecule has 2 amide bonds. The number of piperidine rings is 1. The fraction of sp³-hybridized carbons (Fsp3) is 0.385. The third-order valence-electron chi connectivity index (χ3n) is 2.93. The molecule has 1 aliphatic rings. The minimum Gasteiger partial charge on any atom is -0.354 e. The maximum absolute atomic E-state index is 12.0. The van der Waals surface area contributed by atoms with Crippen LogP contribution in [0.3, 0.4) is 0 Å². The minimum absolute atomic E-state index is 0.108. The van der Waals surface area contributed by atoms with E-state index < -0.39 is 6.04 Å². The van der Waals surface area contributed by atoms with Crippen LogP contribution < -0.4 is 10.6 Å². The average molecular weight is 267 g/mol. The van der Waals surface area contributed by atoms with Crippen molar-refractivity contribution in [2.45, 2.75) is 24.8 Å². The molecule has 1 heterocycles. The van der Waals surface area contributed by atoms with Gasteiger partial charge in [-0.3, -0.25) is 9.59 Å². The van der Waals surface area contributed by atoms with Crippen molar-refractivity contribution in [3.8, 4) is 0 Å². The Morgan fingerprint density at radius 1 is 1.50 bits per heavy atom. The van der Waals surface area contributed by atoms with Crippen LogP contribution in [0, 0.1) is 0 Å². The van der Waals surface area contributed by atoms with Gasteiger partial charge in [0.25, 0.3) is 5.91 Å². The third-order valence-corrected chi connectivity index (χ3v) is 3.24. The number of carbonyl (C=O) groups is 2. The summed E-state index contributed by atoms with van der Waals surface area (Å²) in [5.41, 5.74) is 1.42. The van der Waals surface area contributed by atoms with Crippen LogP contribution in [0.4, 0.5) is 0 Å². The molecule has 1 aromatic carbocycles. The molecule has 0 spiro atoms. The van der Waals surface area contributed by atoms with E-state index in [1.807, 2.05) is 6.07 Å². The number of hydrogen-bond acceptors (Lipinski definition) is 2. The van der Waals surface area contributed by atoms with Crippen LogP contribution in [-0.4, -0.2) is 24.4 Å². The lowest BCUT2D eigenvalue weighted by atomic mass is 10.1. The van der Waals surface area contributed by atoms with Crippen molar-refractivity contribution >= 4 is 23.4 Å². The van der Waals surface area contributed by atoms with Gasteiger partial charge in [-0.15, -0.1) is 11.6 Å². The Morgan fingerprint density at radius 3 is 3.06 bits per heavy atom. The number of carbonyl (C=O) groups excluding carboxylic acids is 2. The number of hydrogen-bond donors (Lipinski definition) is 2. The van der Waals surface area contributed by atoms with Gasteiger partial charge in [0.2, 0.25) is 5.91 Å². The number of benzene rings is 1. The Bertz CT molecular complexity index is 462. The van der Waals surface area contributed by atoms with Crippen molar-refractivity contribution in [1.82, 2.24) is 10.6 Å². The normalized spacial score (nSPS) is 19.2. The van der Waals surface area contributed by atoms with Crippen LogP contribution in [-0.2, 0) is 10.7 Å². The maximum Gasteiger partial charge on any atom is 0.251 e. The summed E-state index contributed by atoms with van der Waals surface area (Å²) in [5, 5.41) is 5.48. The van der Waals surface area contributed by atoms with Crippen LogP contribution in [0.5, 0.6) is 0 Å². The van der Waals surface area contributed by atoms with Gasteiger partial charge in [-0.1, -0.05) is 12.1 Å².